The summed E-state index contributed by atoms with van der Waals surface area (Å²) in [4.78, 5) is 4.48. The van der Waals surface area contributed by atoms with Gasteiger partial charge in [0.2, 0.25) is 0 Å². The monoisotopic (exact) mass is 336 g/mol. The normalized spacial score (nSPS) is 12.2. The van der Waals surface area contributed by atoms with E-state index in [9.17, 15) is 0 Å². The van der Waals surface area contributed by atoms with Crippen LogP contribution in [0.1, 0.15) is 17.4 Å². The molecule has 9 heteroatoms. The third-order valence-electron chi connectivity index (χ3n) is 3.93. The summed E-state index contributed by atoms with van der Waals surface area (Å²) in [6.45, 7) is 0. The lowest BCUT2D eigenvalue weighted by atomic mass is 10.1. The second-order valence-corrected chi connectivity index (χ2v) is 5.49. The molecule has 4 aromatic rings. The minimum Gasteiger partial charge on any atom is -0.497 e. The number of fused-ring (bicyclic) bond motifs is 1. The molecule has 0 radical (unpaired) electrons. The first-order valence-corrected chi connectivity index (χ1v) is 7.68. The molecule has 25 heavy (non-hydrogen) atoms. The molecule has 9 nitrogen and oxygen atoms in total. The van der Waals surface area contributed by atoms with E-state index in [4.69, 9.17) is 4.74 Å². The molecule has 0 unspecified atom stereocenters. The van der Waals surface area contributed by atoms with Gasteiger partial charge in [-0.05, 0) is 40.3 Å². The first-order chi connectivity index (χ1) is 12.2. The largest absolute Gasteiger partial charge is 0.497 e. The topological polar surface area (TPSA) is 95.1 Å². The first-order valence-electron chi connectivity index (χ1n) is 7.68. The zero-order valence-corrected chi connectivity index (χ0v) is 13.7. The summed E-state index contributed by atoms with van der Waals surface area (Å²) in [5, 5.41) is 19.1. The second kappa shape index (κ2) is 6.19. The number of methoxy groups -OCH3 is 1. The molecule has 3 heterocycles. The van der Waals surface area contributed by atoms with Crippen molar-refractivity contribution in [3.8, 4) is 5.75 Å². The number of hydrogen-bond acceptors (Lipinski definition) is 7. The van der Waals surface area contributed by atoms with E-state index in [1.807, 2.05) is 48.1 Å². The van der Waals surface area contributed by atoms with Gasteiger partial charge in [-0.15, -0.1) is 14.8 Å². The molecular formula is C16H16N8O. The lowest BCUT2D eigenvalue weighted by Crippen LogP contribution is -2.18. The fourth-order valence-corrected chi connectivity index (χ4v) is 2.62. The Labute approximate surface area is 143 Å². The van der Waals surface area contributed by atoms with Crippen LogP contribution in [-0.2, 0) is 7.05 Å². The fourth-order valence-electron chi connectivity index (χ4n) is 2.62. The number of tetrazole rings is 1. The number of rotatable bonds is 5. The highest BCUT2D eigenvalue weighted by molar-refractivity contribution is 5.46. The van der Waals surface area contributed by atoms with Crippen LogP contribution in [0, 0.1) is 0 Å². The van der Waals surface area contributed by atoms with Crippen molar-refractivity contribution < 1.29 is 4.74 Å². The van der Waals surface area contributed by atoms with Gasteiger partial charge in [0.05, 0.1) is 7.11 Å². The molecule has 0 bridgehead atoms. The van der Waals surface area contributed by atoms with E-state index >= 15 is 0 Å². The molecule has 0 fully saturated rings. The zero-order chi connectivity index (χ0) is 17.2. The summed E-state index contributed by atoms with van der Waals surface area (Å²) in [5.41, 5.74) is 1.62. The van der Waals surface area contributed by atoms with Crippen LogP contribution in [0.3, 0.4) is 0 Å². The van der Waals surface area contributed by atoms with Gasteiger partial charge < -0.3 is 14.6 Å². The molecule has 126 valence electrons. The van der Waals surface area contributed by atoms with E-state index in [1.165, 1.54) is 4.63 Å². The number of aryl methyl sites for hydroxylation is 1. The number of aromatic nitrogens is 7. The minimum absolute atomic E-state index is 0.188. The molecule has 0 aliphatic heterocycles. The van der Waals surface area contributed by atoms with Crippen molar-refractivity contribution in [2.75, 3.05) is 12.4 Å². The van der Waals surface area contributed by atoms with Gasteiger partial charge in [-0.2, -0.15) is 0 Å². The Morgan fingerprint density at radius 2 is 1.96 bits per heavy atom. The van der Waals surface area contributed by atoms with Gasteiger partial charge in [-0.1, -0.05) is 12.1 Å². The molecule has 0 saturated carbocycles. The molecule has 1 N–H and O–H groups in total. The molecule has 1 aromatic carbocycles. The number of ether oxygens (including phenoxy) is 1. The summed E-state index contributed by atoms with van der Waals surface area (Å²) in [5.74, 6) is 2.31. The molecular weight excluding hydrogens is 320 g/mol. The SMILES string of the molecule is COc1ccc([C@H](Nc2ccc3nnnn3n2)c2nccn2C)cc1. The summed E-state index contributed by atoms with van der Waals surface area (Å²) < 4.78 is 8.59. The molecule has 0 aliphatic rings. The molecule has 3 aromatic heterocycles. The Morgan fingerprint density at radius 1 is 1.12 bits per heavy atom. The van der Waals surface area contributed by atoms with Crippen molar-refractivity contribution in [3.63, 3.8) is 0 Å². The van der Waals surface area contributed by atoms with Gasteiger partial charge >= 0.3 is 0 Å². The Bertz CT molecular complexity index is 991. The number of benzene rings is 1. The average Bonchev–Trinajstić information content (AvgIpc) is 3.28. The fraction of sp³-hybridized carbons (Fsp3) is 0.188. The molecule has 0 spiro atoms. The maximum absolute atomic E-state index is 5.24. The van der Waals surface area contributed by atoms with E-state index in [0.29, 0.717) is 11.5 Å². The number of anilines is 1. The van der Waals surface area contributed by atoms with Crippen LogP contribution in [0.25, 0.3) is 5.65 Å². The smallest absolute Gasteiger partial charge is 0.200 e. The lowest BCUT2D eigenvalue weighted by Gasteiger charge is -2.19. The van der Waals surface area contributed by atoms with Crippen LogP contribution in [0.15, 0.2) is 48.8 Å². The highest BCUT2D eigenvalue weighted by Crippen LogP contribution is 2.26. The number of hydrogen-bond donors (Lipinski definition) is 1. The van der Waals surface area contributed by atoms with Crippen LogP contribution in [0.5, 0.6) is 5.75 Å². The summed E-state index contributed by atoms with van der Waals surface area (Å²) in [7, 11) is 3.60. The van der Waals surface area contributed by atoms with Crippen LogP contribution in [0.4, 0.5) is 5.82 Å². The predicted octanol–water partition coefficient (Wildman–Crippen LogP) is 1.46. The summed E-state index contributed by atoms with van der Waals surface area (Å²) in [6.07, 6.45) is 3.68. The Kier molecular flexibility index (Phi) is 3.73. The second-order valence-electron chi connectivity index (χ2n) is 5.49. The van der Waals surface area contributed by atoms with Gasteiger partial charge in [0.1, 0.15) is 23.4 Å². The van der Waals surface area contributed by atoms with E-state index in [0.717, 1.165) is 17.1 Å². The highest BCUT2D eigenvalue weighted by atomic mass is 16.5. The first kappa shape index (κ1) is 15.1. The Morgan fingerprint density at radius 3 is 2.68 bits per heavy atom. The van der Waals surface area contributed by atoms with Crippen molar-refractivity contribution in [1.82, 2.24) is 34.8 Å². The summed E-state index contributed by atoms with van der Waals surface area (Å²) >= 11 is 0. The van der Waals surface area contributed by atoms with Gasteiger partial charge in [-0.3, -0.25) is 0 Å². The highest BCUT2D eigenvalue weighted by Gasteiger charge is 2.19. The van der Waals surface area contributed by atoms with Gasteiger partial charge in [0.15, 0.2) is 5.65 Å². The maximum Gasteiger partial charge on any atom is 0.200 e. The van der Waals surface area contributed by atoms with E-state index in [2.05, 4.69) is 30.9 Å². The molecule has 4 rings (SSSR count). The molecule has 0 amide bonds. The third-order valence-corrected chi connectivity index (χ3v) is 3.93. The lowest BCUT2D eigenvalue weighted by molar-refractivity contribution is 0.414. The number of imidazole rings is 1. The zero-order valence-electron chi connectivity index (χ0n) is 13.7. The van der Waals surface area contributed by atoms with Gasteiger partial charge in [0, 0.05) is 19.4 Å². The van der Waals surface area contributed by atoms with Gasteiger partial charge in [0.25, 0.3) is 0 Å². The quantitative estimate of drug-likeness (QED) is 0.589. The van der Waals surface area contributed by atoms with Crippen molar-refractivity contribution in [2.45, 2.75) is 6.04 Å². The van der Waals surface area contributed by atoms with E-state index in [1.54, 1.807) is 19.4 Å². The number of nitrogens with zero attached hydrogens (tertiary/aromatic N) is 7. The molecule has 0 saturated heterocycles. The Hall–Kier alpha value is -3.49. The van der Waals surface area contributed by atoms with Gasteiger partial charge in [-0.25, -0.2) is 4.98 Å². The van der Waals surface area contributed by atoms with Crippen molar-refractivity contribution in [1.29, 1.82) is 0 Å². The van der Waals surface area contributed by atoms with Crippen molar-refractivity contribution in [3.05, 3.63) is 60.2 Å². The minimum atomic E-state index is -0.188. The van der Waals surface area contributed by atoms with Crippen molar-refractivity contribution in [2.24, 2.45) is 7.05 Å². The molecule has 0 aliphatic carbocycles. The van der Waals surface area contributed by atoms with Crippen molar-refractivity contribution >= 4 is 11.5 Å². The maximum atomic E-state index is 5.24. The van der Waals surface area contributed by atoms with Crippen LogP contribution in [0.2, 0.25) is 0 Å². The summed E-state index contributed by atoms with van der Waals surface area (Å²) in [6, 6.07) is 11.3. The van der Waals surface area contributed by atoms with Crippen LogP contribution in [-0.4, -0.2) is 41.9 Å². The standard InChI is InChI=1S/C16H16N8O/c1-23-10-9-17-16(23)15(11-3-5-12(25-2)6-4-11)18-13-7-8-14-19-21-22-24(14)20-13/h3-10,15H,1-2H3,(H,18,20)/t15-/m0/s1. The Balaban J connectivity index is 1.72. The predicted molar refractivity (Wildman–Crippen MR) is 90.2 cm³/mol. The number of nitrogens with one attached hydrogen (secondary N) is 1. The average molecular weight is 336 g/mol. The third kappa shape index (κ3) is 2.87. The van der Waals surface area contributed by atoms with Crippen LogP contribution >= 0.6 is 0 Å². The van der Waals surface area contributed by atoms with E-state index < -0.39 is 0 Å². The van der Waals surface area contributed by atoms with Crippen LogP contribution < -0.4 is 10.1 Å². The van der Waals surface area contributed by atoms with E-state index in [-0.39, 0.29) is 6.04 Å². The molecule has 1 atom stereocenters.